The van der Waals surface area contributed by atoms with Crippen LogP contribution in [-0.2, 0) is 33.9 Å². The van der Waals surface area contributed by atoms with Crippen LogP contribution >= 0.6 is 0 Å². The van der Waals surface area contributed by atoms with Gasteiger partial charge in [0.25, 0.3) is 5.56 Å². The van der Waals surface area contributed by atoms with Crippen molar-refractivity contribution >= 4 is 17.1 Å². The van der Waals surface area contributed by atoms with E-state index in [-0.39, 0.29) is 30.4 Å². The highest BCUT2D eigenvalue weighted by atomic mass is 16.5. The van der Waals surface area contributed by atoms with Gasteiger partial charge in [0.05, 0.1) is 25.6 Å². The molecule has 1 unspecified atom stereocenters. The summed E-state index contributed by atoms with van der Waals surface area (Å²) in [6.45, 7) is 1.69. The first-order valence-electron chi connectivity index (χ1n) is 10.7. The van der Waals surface area contributed by atoms with E-state index in [0.29, 0.717) is 26.3 Å². The number of carbonyl (C=O) groups is 1. The number of carbonyl (C=O) groups excluding carboxylic acids is 1. The molecule has 2 aromatic heterocycles. The highest BCUT2D eigenvalue weighted by Crippen LogP contribution is 2.11. The molecule has 0 spiro atoms. The summed E-state index contributed by atoms with van der Waals surface area (Å²) in [4.78, 5) is 43.4. The Balaban J connectivity index is 1.70. The molecular weight excluding hydrogens is 414 g/mol. The van der Waals surface area contributed by atoms with E-state index >= 15 is 0 Å². The fraction of sp³-hybridized carbons (Fsp3) is 0.455. The lowest BCUT2D eigenvalue weighted by Gasteiger charge is -2.14. The van der Waals surface area contributed by atoms with Gasteiger partial charge in [-0.2, -0.15) is 0 Å². The molecule has 10 heteroatoms. The maximum absolute atomic E-state index is 13.3. The molecule has 170 valence electrons. The first kappa shape index (κ1) is 22.0. The Labute approximate surface area is 184 Å². The number of fused-ring (bicyclic) bond motifs is 1. The Bertz CT molecular complexity index is 1190. The second-order valence-electron chi connectivity index (χ2n) is 7.79. The van der Waals surface area contributed by atoms with Gasteiger partial charge in [0.1, 0.15) is 6.54 Å². The SMILES string of the molecule is COCCn1cnc2c1c(=O)n(CC(=O)NCC1CCCO1)c(=O)n2Cc1ccccc1. The largest absolute Gasteiger partial charge is 0.383 e. The zero-order chi connectivity index (χ0) is 22.5. The second kappa shape index (κ2) is 9.92. The highest BCUT2D eigenvalue weighted by Gasteiger charge is 2.21. The van der Waals surface area contributed by atoms with E-state index < -0.39 is 17.2 Å². The molecule has 4 rings (SSSR count). The molecule has 0 bridgehead atoms. The van der Waals surface area contributed by atoms with Gasteiger partial charge in [-0.1, -0.05) is 30.3 Å². The van der Waals surface area contributed by atoms with Crippen molar-refractivity contribution in [2.75, 3.05) is 26.9 Å². The fourth-order valence-corrected chi connectivity index (χ4v) is 3.88. The molecule has 1 aromatic carbocycles. The topological polar surface area (TPSA) is 109 Å². The number of imidazole rings is 1. The van der Waals surface area contributed by atoms with Crippen LogP contribution in [0.15, 0.2) is 46.2 Å². The van der Waals surface area contributed by atoms with Crippen LogP contribution in [0.3, 0.4) is 0 Å². The van der Waals surface area contributed by atoms with Gasteiger partial charge in [-0.3, -0.25) is 14.2 Å². The number of aromatic nitrogens is 4. The number of benzene rings is 1. The van der Waals surface area contributed by atoms with Gasteiger partial charge in [0, 0.05) is 26.8 Å². The molecule has 1 aliphatic heterocycles. The molecule has 10 nitrogen and oxygen atoms in total. The summed E-state index contributed by atoms with van der Waals surface area (Å²) >= 11 is 0. The average molecular weight is 441 g/mol. The Kier molecular flexibility index (Phi) is 6.81. The van der Waals surface area contributed by atoms with E-state index in [0.717, 1.165) is 23.0 Å². The van der Waals surface area contributed by atoms with Crippen LogP contribution in [-0.4, -0.2) is 57.6 Å². The van der Waals surface area contributed by atoms with Gasteiger partial charge in [-0.25, -0.2) is 14.3 Å². The lowest BCUT2D eigenvalue weighted by atomic mass is 10.2. The van der Waals surface area contributed by atoms with E-state index in [2.05, 4.69) is 10.3 Å². The normalized spacial score (nSPS) is 16.0. The van der Waals surface area contributed by atoms with Crippen molar-refractivity contribution in [2.45, 2.75) is 38.6 Å². The van der Waals surface area contributed by atoms with Crippen molar-refractivity contribution in [1.82, 2.24) is 24.0 Å². The number of ether oxygens (including phenoxy) is 2. The smallest absolute Gasteiger partial charge is 0.333 e. The minimum absolute atomic E-state index is 0.0247. The van der Waals surface area contributed by atoms with Crippen LogP contribution in [0.1, 0.15) is 18.4 Å². The molecule has 32 heavy (non-hydrogen) atoms. The molecule has 3 heterocycles. The number of amides is 1. The zero-order valence-corrected chi connectivity index (χ0v) is 18.0. The summed E-state index contributed by atoms with van der Waals surface area (Å²) in [7, 11) is 1.57. The van der Waals surface area contributed by atoms with Crippen molar-refractivity contribution < 1.29 is 14.3 Å². The Morgan fingerprint density at radius 2 is 2.06 bits per heavy atom. The summed E-state index contributed by atoms with van der Waals surface area (Å²) in [6, 6.07) is 9.43. The molecule has 0 saturated carbocycles. The minimum Gasteiger partial charge on any atom is -0.383 e. The maximum Gasteiger partial charge on any atom is 0.333 e. The maximum atomic E-state index is 13.3. The predicted octanol–water partition coefficient (Wildman–Crippen LogP) is 0.350. The molecular formula is C22H27N5O5. The third-order valence-electron chi connectivity index (χ3n) is 5.56. The van der Waals surface area contributed by atoms with Crippen molar-refractivity contribution in [1.29, 1.82) is 0 Å². The van der Waals surface area contributed by atoms with Gasteiger partial charge in [0.2, 0.25) is 5.91 Å². The van der Waals surface area contributed by atoms with E-state index in [1.165, 1.54) is 10.9 Å². The van der Waals surface area contributed by atoms with Crippen LogP contribution in [0.4, 0.5) is 0 Å². The fourth-order valence-electron chi connectivity index (χ4n) is 3.88. The van der Waals surface area contributed by atoms with E-state index in [1.54, 1.807) is 11.7 Å². The number of methoxy groups -OCH3 is 1. The van der Waals surface area contributed by atoms with Gasteiger partial charge < -0.3 is 19.4 Å². The molecule has 1 N–H and O–H groups in total. The number of nitrogens with zero attached hydrogens (tertiary/aromatic N) is 4. The molecule has 0 radical (unpaired) electrons. The van der Waals surface area contributed by atoms with Crippen molar-refractivity contribution in [2.24, 2.45) is 0 Å². The Morgan fingerprint density at radius 1 is 1.25 bits per heavy atom. The standard InChI is InChI=1S/C22H27N5O5/c1-31-11-9-25-15-24-20-19(25)21(29)27(14-18(28)23-12-17-8-5-10-32-17)22(30)26(20)13-16-6-3-2-4-7-16/h2-4,6-7,15,17H,5,8-14H2,1H3,(H,23,28). The van der Waals surface area contributed by atoms with Crippen molar-refractivity contribution in [3.05, 3.63) is 63.1 Å². The van der Waals surface area contributed by atoms with E-state index in [1.807, 2.05) is 30.3 Å². The summed E-state index contributed by atoms with van der Waals surface area (Å²) < 4.78 is 14.7. The molecule has 1 atom stereocenters. The first-order valence-corrected chi connectivity index (χ1v) is 10.7. The van der Waals surface area contributed by atoms with Crippen LogP contribution < -0.4 is 16.6 Å². The third kappa shape index (κ3) is 4.66. The third-order valence-corrected chi connectivity index (χ3v) is 5.56. The summed E-state index contributed by atoms with van der Waals surface area (Å²) in [6.07, 6.45) is 3.35. The van der Waals surface area contributed by atoms with Crippen LogP contribution in [0.5, 0.6) is 0 Å². The predicted molar refractivity (Wildman–Crippen MR) is 118 cm³/mol. The quantitative estimate of drug-likeness (QED) is 0.513. The summed E-state index contributed by atoms with van der Waals surface area (Å²) in [5, 5.41) is 2.77. The van der Waals surface area contributed by atoms with Gasteiger partial charge >= 0.3 is 5.69 Å². The Morgan fingerprint density at radius 3 is 2.78 bits per heavy atom. The molecule has 1 fully saturated rings. The number of nitrogens with one attached hydrogen (secondary N) is 1. The number of hydrogen-bond donors (Lipinski definition) is 1. The zero-order valence-electron chi connectivity index (χ0n) is 18.0. The molecule has 1 saturated heterocycles. The first-order chi connectivity index (χ1) is 15.6. The molecule has 1 amide bonds. The van der Waals surface area contributed by atoms with Crippen LogP contribution in [0.2, 0.25) is 0 Å². The minimum atomic E-state index is -0.574. The summed E-state index contributed by atoms with van der Waals surface area (Å²) in [5.74, 6) is -0.409. The highest BCUT2D eigenvalue weighted by molar-refractivity contribution is 5.76. The second-order valence-corrected chi connectivity index (χ2v) is 7.79. The number of hydrogen-bond acceptors (Lipinski definition) is 6. The molecule has 1 aliphatic rings. The van der Waals surface area contributed by atoms with E-state index in [4.69, 9.17) is 9.47 Å². The van der Waals surface area contributed by atoms with Crippen molar-refractivity contribution in [3.8, 4) is 0 Å². The lowest BCUT2D eigenvalue weighted by Crippen LogP contribution is -2.45. The Hall–Kier alpha value is -3.24. The van der Waals surface area contributed by atoms with Gasteiger partial charge in [0.15, 0.2) is 11.2 Å². The molecule has 0 aliphatic carbocycles. The average Bonchev–Trinajstić information content (AvgIpc) is 3.47. The van der Waals surface area contributed by atoms with Crippen LogP contribution in [0, 0.1) is 0 Å². The molecule has 3 aromatic rings. The van der Waals surface area contributed by atoms with E-state index in [9.17, 15) is 14.4 Å². The lowest BCUT2D eigenvalue weighted by molar-refractivity contribution is -0.122. The van der Waals surface area contributed by atoms with Gasteiger partial charge in [-0.05, 0) is 18.4 Å². The number of rotatable bonds is 9. The summed E-state index contributed by atoms with van der Waals surface area (Å²) in [5.41, 5.74) is 0.321. The van der Waals surface area contributed by atoms with Gasteiger partial charge in [-0.15, -0.1) is 0 Å². The van der Waals surface area contributed by atoms with Crippen LogP contribution in [0.25, 0.3) is 11.2 Å². The monoisotopic (exact) mass is 441 g/mol. The van der Waals surface area contributed by atoms with Crippen molar-refractivity contribution in [3.63, 3.8) is 0 Å².